The zero-order valence-electron chi connectivity index (χ0n) is 15.0. The van der Waals surface area contributed by atoms with Crippen molar-refractivity contribution in [2.24, 2.45) is 0 Å². The molecule has 1 aromatic carbocycles. The fourth-order valence-corrected chi connectivity index (χ4v) is 3.06. The number of fused-ring (bicyclic) bond motifs is 1. The summed E-state index contributed by atoms with van der Waals surface area (Å²) in [5.41, 5.74) is 1.99. The van der Waals surface area contributed by atoms with Crippen LogP contribution in [0.15, 0.2) is 35.0 Å². The first-order chi connectivity index (χ1) is 13.1. The lowest BCUT2D eigenvalue weighted by Crippen LogP contribution is -2.49. The zero-order valence-corrected chi connectivity index (χ0v) is 15.0. The zero-order chi connectivity index (χ0) is 18.8. The number of aryl methyl sites for hydroxylation is 1. The summed E-state index contributed by atoms with van der Waals surface area (Å²) in [5, 5.41) is 10.6. The third kappa shape index (κ3) is 4.16. The minimum atomic E-state index is -0.662. The normalized spacial score (nSPS) is 14.9. The Morgan fingerprint density at radius 3 is 2.89 bits per heavy atom. The molecule has 2 amide bonds. The van der Waals surface area contributed by atoms with Crippen LogP contribution in [0.3, 0.4) is 0 Å². The van der Waals surface area contributed by atoms with Crippen LogP contribution in [0.25, 0.3) is 10.9 Å². The van der Waals surface area contributed by atoms with Gasteiger partial charge in [0.1, 0.15) is 6.04 Å². The van der Waals surface area contributed by atoms with E-state index < -0.39 is 6.04 Å². The molecule has 3 N–H and O–H groups in total. The van der Waals surface area contributed by atoms with Crippen molar-refractivity contribution in [3.63, 3.8) is 0 Å². The Morgan fingerprint density at radius 1 is 1.33 bits per heavy atom. The van der Waals surface area contributed by atoms with Crippen LogP contribution in [0.1, 0.15) is 30.1 Å². The molecule has 140 valence electrons. The lowest BCUT2D eigenvalue weighted by molar-refractivity contribution is -0.128. The summed E-state index contributed by atoms with van der Waals surface area (Å²) in [5.74, 6) is 0.227. The lowest BCUT2D eigenvalue weighted by atomic mass is 10.0. The Morgan fingerprint density at radius 2 is 2.15 bits per heavy atom. The molecule has 1 aliphatic rings. The minimum absolute atomic E-state index is 0.0293. The highest BCUT2D eigenvalue weighted by Crippen LogP contribution is 2.21. The van der Waals surface area contributed by atoms with Crippen LogP contribution in [-0.2, 0) is 22.4 Å². The number of rotatable bonds is 7. The van der Waals surface area contributed by atoms with Crippen molar-refractivity contribution in [3.8, 4) is 0 Å². The maximum atomic E-state index is 12.7. The van der Waals surface area contributed by atoms with Crippen LogP contribution >= 0.6 is 0 Å². The standard InChI is InChI=1S/C19H21N5O3/c1-11-21-17(24-27-11)9-18(25)23-16(19(26)22-13-6-7-13)8-12-10-20-15-5-3-2-4-14(12)15/h2-5,10,13,16,20H,6-9H2,1H3,(H,22,26)(H,23,25). The average molecular weight is 367 g/mol. The molecule has 0 aliphatic heterocycles. The number of H-pyrrole nitrogens is 1. The van der Waals surface area contributed by atoms with Gasteiger partial charge in [-0.05, 0) is 24.5 Å². The molecule has 0 spiro atoms. The lowest BCUT2D eigenvalue weighted by Gasteiger charge is -2.18. The molecule has 0 radical (unpaired) electrons. The molecule has 8 nitrogen and oxygen atoms in total. The van der Waals surface area contributed by atoms with E-state index in [1.54, 1.807) is 6.92 Å². The summed E-state index contributed by atoms with van der Waals surface area (Å²) in [6.07, 6.45) is 4.23. The van der Waals surface area contributed by atoms with Crippen LogP contribution < -0.4 is 10.6 Å². The van der Waals surface area contributed by atoms with Crippen molar-refractivity contribution in [2.75, 3.05) is 0 Å². The maximum Gasteiger partial charge on any atom is 0.243 e. The summed E-state index contributed by atoms with van der Waals surface area (Å²) in [6.45, 7) is 1.66. The van der Waals surface area contributed by atoms with E-state index in [0.717, 1.165) is 29.3 Å². The Balaban J connectivity index is 1.49. The van der Waals surface area contributed by atoms with Gasteiger partial charge in [0.2, 0.25) is 17.7 Å². The number of hydrogen-bond donors (Lipinski definition) is 3. The predicted molar refractivity (Wildman–Crippen MR) is 97.8 cm³/mol. The number of aromatic amines is 1. The second-order valence-electron chi connectivity index (χ2n) is 6.87. The molecule has 1 fully saturated rings. The summed E-state index contributed by atoms with van der Waals surface area (Å²) in [4.78, 5) is 32.3. The van der Waals surface area contributed by atoms with Gasteiger partial charge in [0.15, 0.2) is 5.82 Å². The van der Waals surface area contributed by atoms with Gasteiger partial charge in [-0.1, -0.05) is 23.4 Å². The van der Waals surface area contributed by atoms with E-state index in [0.29, 0.717) is 18.1 Å². The number of amides is 2. The van der Waals surface area contributed by atoms with Crippen molar-refractivity contribution in [2.45, 2.75) is 44.7 Å². The minimum Gasteiger partial charge on any atom is -0.361 e. The highest BCUT2D eigenvalue weighted by molar-refractivity contribution is 5.90. The number of benzene rings is 1. The average Bonchev–Trinajstić information content (AvgIpc) is 3.23. The molecular weight excluding hydrogens is 346 g/mol. The molecular formula is C19H21N5O3. The van der Waals surface area contributed by atoms with Gasteiger partial charge >= 0.3 is 0 Å². The predicted octanol–water partition coefficient (Wildman–Crippen LogP) is 1.41. The van der Waals surface area contributed by atoms with E-state index in [1.807, 2.05) is 30.5 Å². The Kier molecular flexibility index (Phi) is 4.62. The van der Waals surface area contributed by atoms with Crippen molar-refractivity contribution in [3.05, 3.63) is 47.7 Å². The molecule has 0 saturated heterocycles. The molecule has 1 atom stereocenters. The highest BCUT2D eigenvalue weighted by Gasteiger charge is 2.29. The van der Waals surface area contributed by atoms with Crippen LogP contribution in [-0.4, -0.2) is 39.0 Å². The van der Waals surface area contributed by atoms with E-state index in [4.69, 9.17) is 4.52 Å². The summed E-state index contributed by atoms with van der Waals surface area (Å²) >= 11 is 0. The van der Waals surface area contributed by atoms with E-state index in [-0.39, 0.29) is 24.3 Å². The Labute approximate surface area is 155 Å². The summed E-state index contributed by atoms with van der Waals surface area (Å²) in [7, 11) is 0. The summed E-state index contributed by atoms with van der Waals surface area (Å²) in [6, 6.07) is 7.45. The molecule has 0 bridgehead atoms. The number of aromatic nitrogens is 3. The van der Waals surface area contributed by atoms with Gasteiger partial charge < -0.3 is 20.1 Å². The number of para-hydroxylation sites is 1. The summed E-state index contributed by atoms with van der Waals surface area (Å²) < 4.78 is 4.89. The molecule has 1 saturated carbocycles. The molecule has 8 heteroatoms. The second kappa shape index (κ2) is 7.22. The van der Waals surface area contributed by atoms with E-state index in [1.165, 1.54) is 0 Å². The number of nitrogens with one attached hydrogen (secondary N) is 3. The Hall–Kier alpha value is -3.16. The molecule has 1 aliphatic carbocycles. The monoisotopic (exact) mass is 367 g/mol. The quantitative estimate of drug-likeness (QED) is 0.584. The molecule has 27 heavy (non-hydrogen) atoms. The van der Waals surface area contributed by atoms with E-state index >= 15 is 0 Å². The van der Waals surface area contributed by atoms with Crippen LogP contribution in [0.2, 0.25) is 0 Å². The molecule has 2 heterocycles. The maximum absolute atomic E-state index is 12.7. The molecule has 2 aromatic heterocycles. The first-order valence-electron chi connectivity index (χ1n) is 9.02. The van der Waals surface area contributed by atoms with Crippen molar-refractivity contribution in [1.82, 2.24) is 25.8 Å². The van der Waals surface area contributed by atoms with E-state index in [2.05, 4.69) is 25.8 Å². The number of carbonyl (C=O) groups excluding carboxylic acids is 2. The molecule has 1 unspecified atom stereocenters. The van der Waals surface area contributed by atoms with Gasteiger partial charge in [-0.15, -0.1) is 0 Å². The Bertz CT molecular complexity index is 973. The first-order valence-corrected chi connectivity index (χ1v) is 9.02. The van der Waals surface area contributed by atoms with Gasteiger partial charge in [-0.3, -0.25) is 9.59 Å². The van der Waals surface area contributed by atoms with Gasteiger partial charge in [0, 0.05) is 36.5 Å². The van der Waals surface area contributed by atoms with Gasteiger partial charge in [-0.2, -0.15) is 4.98 Å². The third-order valence-electron chi connectivity index (χ3n) is 4.56. The fraction of sp³-hybridized carbons (Fsp3) is 0.368. The topological polar surface area (TPSA) is 113 Å². The van der Waals surface area contributed by atoms with Crippen LogP contribution in [0, 0.1) is 6.92 Å². The molecule has 3 aromatic rings. The number of nitrogens with zero attached hydrogens (tertiary/aromatic N) is 2. The van der Waals surface area contributed by atoms with Crippen LogP contribution in [0.5, 0.6) is 0 Å². The van der Waals surface area contributed by atoms with Gasteiger partial charge in [0.05, 0.1) is 6.42 Å². The number of carbonyl (C=O) groups is 2. The van der Waals surface area contributed by atoms with E-state index in [9.17, 15) is 9.59 Å². The highest BCUT2D eigenvalue weighted by atomic mass is 16.5. The first kappa shape index (κ1) is 17.3. The van der Waals surface area contributed by atoms with Crippen molar-refractivity contribution in [1.29, 1.82) is 0 Å². The number of hydrogen-bond acceptors (Lipinski definition) is 5. The van der Waals surface area contributed by atoms with Gasteiger partial charge in [-0.25, -0.2) is 0 Å². The second-order valence-corrected chi connectivity index (χ2v) is 6.87. The molecule has 4 rings (SSSR count). The van der Waals surface area contributed by atoms with Crippen LogP contribution in [0.4, 0.5) is 0 Å². The van der Waals surface area contributed by atoms with Gasteiger partial charge in [0.25, 0.3) is 0 Å². The fourth-order valence-electron chi connectivity index (χ4n) is 3.06. The van der Waals surface area contributed by atoms with Crippen molar-refractivity contribution >= 4 is 22.7 Å². The largest absolute Gasteiger partial charge is 0.361 e. The SMILES string of the molecule is Cc1nc(CC(=O)NC(Cc2c[nH]c3ccccc23)C(=O)NC2CC2)no1. The smallest absolute Gasteiger partial charge is 0.243 e. The van der Waals surface area contributed by atoms with Crippen molar-refractivity contribution < 1.29 is 14.1 Å². The third-order valence-corrected chi connectivity index (χ3v) is 4.56.